The van der Waals surface area contributed by atoms with E-state index in [1.807, 2.05) is 13.8 Å². The highest BCUT2D eigenvalue weighted by atomic mass is 19.2. The van der Waals surface area contributed by atoms with Crippen molar-refractivity contribution >= 4 is 11.5 Å². The first-order valence-electron chi connectivity index (χ1n) is 7.98. The first-order valence-corrected chi connectivity index (χ1v) is 7.98. The zero-order valence-corrected chi connectivity index (χ0v) is 13.3. The van der Waals surface area contributed by atoms with Crippen molar-refractivity contribution in [3.05, 3.63) is 28.8 Å². The molecule has 1 aromatic rings. The lowest BCUT2D eigenvalue weighted by molar-refractivity contribution is -0.00554. The highest BCUT2D eigenvalue weighted by Gasteiger charge is 2.35. The number of anilines is 1. The minimum atomic E-state index is -1.11. The molecule has 0 spiro atoms. The molecule has 0 bridgehead atoms. The second kappa shape index (κ2) is 6.17. The molecule has 0 amide bonds. The molecule has 23 heavy (non-hydrogen) atoms. The van der Waals surface area contributed by atoms with Crippen molar-refractivity contribution in [3.8, 4) is 0 Å². The Labute approximate surface area is 134 Å². The average molecular weight is 325 g/mol. The van der Waals surface area contributed by atoms with E-state index in [2.05, 4.69) is 0 Å². The fourth-order valence-corrected chi connectivity index (χ4v) is 3.24. The normalized spacial score (nSPS) is 24.8. The van der Waals surface area contributed by atoms with Crippen LogP contribution < -0.4 is 4.90 Å². The molecule has 0 unspecified atom stereocenters. The molecule has 1 saturated carbocycles. The summed E-state index contributed by atoms with van der Waals surface area (Å²) in [7, 11) is 0. The lowest BCUT2D eigenvalue weighted by Crippen LogP contribution is -2.46. The third-order valence-corrected chi connectivity index (χ3v) is 4.38. The van der Waals surface area contributed by atoms with Gasteiger partial charge in [0.2, 0.25) is 0 Å². The smallest absolute Gasteiger partial charge is 0.183 e. The molecular formula is C17H21F2NO3. The Morgan fingerprint density at radius 3 is 2.39 bits per heavy atom. The van der Waals surface area contributed by atoms with Crippen LogP contribution in [0.1, 0.15) is 42.6 Å². The molecule has 2 fully saturated rings. The molecule has 1 saturated heterocycles. The summed E-state index contributed by atoms with van der Waals surface area (Å²) in [6.45, 7) is 4.09. The zero-order valence-electron chi connectivity index (χ0n) is 13.3. The average Bonchev–Trinajstić information content (AvgIpc) is 3.32. The van der Waals surface area contributed by atoms with Crippen LogP contribution in [0.2, 0.25) is 0 Å². The van der Waals surface area contributed by atoms with E-state index in [0.717, 1.165) is 0 Å². The van der Waals surface area contributed by atoms with Gasteiger partial charge >= 0.3 is 0 Å². The Balaban J connectivity index is 2.02. The summed E-state index contributed by atoms with van der Waals surface area (Å²) >= 11 is 0. The lowest BCUT2D eigenvalue weighted by atomic mass is 10.00. The standard InChI is InChI=1S/C17H21F2NO3/c1-9-6-20(7-10(2)23-9)16-12(8-21)5-13(14(18)15(16)19)17(22)11-3-4-11/h5,9-11,21H,3-4,6-8H2,1-2H3/t9-,10+. The van der Waals surface area contributed by atoms with Crippen molar-refractivity contribution in [2.45, 2.75) is 45.5 Å². The number of morpholine rings is 1. The SMILES string of the molecule is C[C@@H]1CN(c2c(CO)cc(C(=O)C3CC3)c(F)c2F)C[C@H](C)O1. The quantitative estimate of drug-likeness (QED) is 0.865. The Morgan fingerprint density at radius 1 is 1.26 bits per heavy atom. The molecule has 3 rings (SSSR count). The van der Waals surface area contributed by atoms with E-state index in [4.69, 9.17) is 4.74 Å². The van der Waals surface area contributed by atoms with Gasteiger partial charge in [-0.2, -0.15) is 0 Å². The molecule has 2 atom stereocenters. The Morgan fingerprint density at radius 2 is 1.87 bits per heavy atom. The van der Waals surface area contributed by atoms with E-state index in [9.17, 15) is 18.7 Å². The number of nitrogens with zero attached hydrogens (tertiary/aromatic N) is 1. The number of Topliss-reactive ketones (excluding diaryl/α,β-unsaturated/α-hetero) is 1. The number of ether oxygens (including phenoxy) is 1. The van der Waals surface area contributed by atoms with Crippen LogP contribution in [-0.4, -0.2) is 36.2 Å². The number of rotatable bonds is 4. The van der Waals surface area contributed by atoms with Crippen molar-refractivity contribution in [1.29, 1.82) is 0 Å². The fourth-order valence-electron chi connectivity index (χ4n) is 3.24. The highest BCUT2D eigenvalue weighted by Crippen LogP contribution is 2.37. The van der Waals surface area contributed by atoms with E-state index >= 15 is 0 Å². The molecule has 1 heterocycles. The van der Waals surface area contributed by atoms with Gasteiger partial charge in [-0.3, -0.25) is 4.79 Å². The molecule has 0 radical (unpaired) electrons. The summed E-state index contributed by atoms with van der Waals surface area (Å²) in [5.41, 5.74) is 0.0423. The van der Waals surface area contributed by atoms with Crippen LogP contribution in [0.25, 0.3) is 0 Å². The number of ketones is 1. The Bertz CT molecular complexity index is 621. The van der Waals surface area contributed by atoms with E-state index in [0.29, 0.717) is 25.9 Å². The predicted molar refractivity (Wildman–Crippen MR) is 81.6 cm³/mol. The number of carbonyl (C=O) groups is 1. The molecule has 126 valence electrons. The van der Waals surface area contributed by atoms with E-state index in [-0.39, 0.29) is 40.7 Å². The third kappa shape index (κ3) is 3.10. The maximum absolute atomic E-state index is 14.7. The molecule has 1 aliphatic carbocycles. The maximum atomic E-state index is 14.7. The van der Waals surface area contributed by atoms with Gasteiger partial charge in [-0.25, -0.2) is 8.78 Å². The summed E-state index contributed by atoms with van der Waals surface area (Å²) in [5.74, 6) is -2.74. The van der Waals surface area contributed by atoms with E-state index in [1.54, 1.807) is 4.90 Å². The number of aliphatic hydroxyl groups is 1. The van der Waals surface area contributed by atoms with Crippen molar-refractivity contribution < 1.29 is 23.4 Å². The van der Waals surface area contributed by atoms with E-state index < -0.39 is 18.2 Å². The van der Waals surface area contributed by atoms with Gasteiger partial charge < -0.3 is 14.7 Å². The summed E-state index contributed by atoms with van der Waals surface area (Å²) in [6, 6.07) is 1.30. The number of halogens is 2. The second-order valence-corrected chi connectivity index (χ2v) is 6.52. The first kappa shape index (κ1) is 16.3. The Kier molecular flexibility index (Phi) is 4.38. The number of hydrogen-bond acceptors (Lipinski definition) is 4. The number of hydrogen-bond donors (Lipinski definition) is 1. The van der Waals surface area contributed by atoms with Gasteiger partial charge in [0.1, 0.15) is 0 Å². The molecule has 1 aromatic carbocycles. The minimum absolute atomic E-state index is 0.0411. The van der Waals surface area contributed by atoms with Crippen molar-refractivity contribution in [2.75, 3.05) is 18.0 Å². The molecule has 2 aliphatic rings. The third-order valence-electron chi connectivity index (χ3n) is 4.38. The largest absolute Gasteiger partial charge is 0.392 e. The molecule has 4 nitrogen and oxygen atoms in total. The molecular weight excluding hydrogens is 304 g/mol. The van der Waals surface area contributed by atoms with Crippen LogP contribution in [0.3, 0.4) is 0 Å². The van der Waals surface area contributed by atoms with Crippen LogP contribution in [0.5, 0.6) is 0 Å². The lowest BCUT2D eigenvalue weighted by Gasteiger charge is -2.38. The van der Waals surface area contributed by atoms with Crippen LogP contribution in [0.4, 0.5) is 14.5 Å². The fraction of sp³-hybridized carbons (Fsp3) is 0.588. The Hall–Kier alpha value is -1.53. The summed E-state index contributed by atoms with van der Waals surface area (Å²) in [5, 5.41) is 9.60. The highest BCUT2D eigenvalue weighted by molar-refractivity contribution is 6.00. The van der Waals surface area contributed by atoms with Crippen LogP contribution in [-0.2, 0) is 11.3 Å². The van der Waals surface area contributed by atoms with Crippen LogP contribution >= 0.6 is 0 Å². The zero-order chi connectivity index (χ0) is 16.7. The topological polar surface area (TPSA) is 49.8 Å². The number of carbonyl (C=O) groups excluding carboxylic acids is 1. The van der Waals surface area contributed by atoms with Gasteiger partial charge in [0.15, 0.2) is 17.4 Å². The minimum Gasteiger partial charge on any atom is -0.392 e. The van der Waals surface area contributed by atoms with Gasteiger partial charge in [0, 0.05) is 24.6 Å². The van der Waals surface area contributed by atoms with Gasteiger partial charge in [0.25, 0.3) is 0 Å². The molecule has 1 aliphatic heterocycles. The number of benzene rings is 1. The summed E-state index contributed by atoms with van der Waals surface area (Å²) in [4.78, 5) is 13.8. The molecule has 6 heteroatoms. The van der Waals surface area contributed by atoms with Crippen LogP contribution in [0.15, 0.2) is 6.07 Å². The molecule has 0 aromatic heterocycles. The second-order valence-electron chi connectivity index (χ2n) is 6.52. The number of aliphatic hydroxyl groups excluding tert-OH is 1. The van der Waals surface area contributed by atoms with Crippen molar-refractivity contribution in [1.82, 2.24) is 0 Å². The maximum Gasteiger partial charge on any atom is 0.183 e. The monoisotopic (exact) mass is 325 g/mol. The summed E-state index contributed by atoms with van der Waals surface area (Å²) in [6.07, 6.45) is 1.18. The predicted octanol–water partition coefficient (Wildman–Crippen LogP) is 2.66. The molecule has 1 N–H and O–H groups in total. The van der Waals surface area contributed by atoms with Crippen molar-refractivity contribution in [3.63, 3.8) is 0 Å². The van der Waals surface area contributed by atoms with E-state index in [1.165, 1.54) is 6.07 Å². The van der Waals surface area contributed by atoms with Gasteiger partial charge in [-0.1, -0.05) is 0 Å². The first-order chi connectivity index (χ1) is 10.9. The van der Waals surface area contributed by atoms with Gasteiger partial charge in [-0.05, 0) is 32.8 Å². The van der Waals surface area contributed by atoms with Crippen LogP contribution in [0, 0.1) is 17.6 Å². The van der Waals surface area contributed by atoms with Gasteiger partial charge in [-0.15, -0.1) is 0 Å². The van der Waals surface area contributed by atoms with Gasteiger partial charge in [0.05, 0.1) is 30.1 Å². The summed E-state index contributed by atoms with van der Waals surface area (Å²) < 4.78 is 34.7. The van der Waals surface area contributed by atoms with Crippen molar-refractivity contribution in [2.24, 2.45) is 5.92 Å².